The molecule has 3 nitrogen and oxygen atoms in total. The van der Waals surface area contributed by atoms with Crippen LogP contribution >= 0.6 is 0 Å². The summed E-state index contributed by atoms with van der Waals surface area (Å²) in [7, 11) is 0. The van der Waals surface area contributed by atoms with Crippen molar-refractivity contribution >= 4 is 5.91 Å². The molecule has 1 aliphatic carbocycles. The van der Waals surface area contributed by atoms with Gasteiger partial charge >= 0.3 is 0 Å². The predicted molar refractivity (Wildman–Crippen MR) is 65.3 cm³/mol. The van der Waals surface area contributed by atoms with Gasteiger partial charge in [0.1, 0.15) is 0 Å². The summed E-state index contributed by atoms with van der Waals surface area (Å²) in [6.07, 6.45) is 5.63. The zero-order valence-electron chi connectivity index (χ0n) is 10.8. The molecule has 0 spiro atoms. The lowest BCUT2D eigenvalue weighted by atomic mass is 9.86. The quantitative estimate of drug-likeness (QED) is 0.783. The van der Waals surface area contributed by atoms with Gasteiger partial charge in [0, 0.05) is 12.5 Å². The number of rotatable bonds is 5. The smallest absolute Gasteiger partial charge is 0.222 e. The highest BCUT2D eigenvalue weighted by molar-refractivity contribution is 5.76. The van der Waals surface area contributed by atoms with Crippen LogP contribution in [-0.2, 0) is 9.53 Å². The fraction of sp³-hybridized carbons (Fsp3) is 0.923. The van der Waals surface area contributed by atoms with Crippen molar-refractivity contribution in [1.29, 1.82) is 0 Å². The minimum atomic E-state index is 0.138. The summed E-state index contributed by atoms with van der Waals surface area (Å²) in [4.78, 5) is 11.6. The number of carbonyl (C=O) groups excluding carboxylic acids is 1. The molecule has 1 amide bonds. The van der Waals surface area contributed by atoms with E-state index < -0.39 is 0 Å². The van der Waals surface area contributed by atoms with E-state index >= 15 is 0 Å². The summed E-state index contributed by atoms with van der Waals surface area (Å²) in [6, 6.07) is 0.389. The molecule has 3 heteroatoms. The molecule has 0 unspecified atom stereocenters. The molecule has 0 saturated heterocycles. The van der Waals surface area contributed by atoms with Gasteiger partial charge in [0.2, 0.25) is 5.91 Å². The molecule has 2 atom stereocenters. The third-order valence-electron chi connectivity index (χ3n) is 3.24. The van der Waals surface area contributed by atoms with Gasteiger partial charge in [-0.05, 0) is 32.6 Å². The molecule has 0 aromatic rings. The Morgan fingerprint density at radius 1 is 1.38 bits per heavy atom. The van der Waals surface area contributed by atoms with Gasteiger partial charge in [0.25, 0.3) is 0 Å². The largest absolute Gasteiger partial charge is 0.378 e. The molecule has 0 heterocycles. The maximum atomic E-state index is 11.6. The first-order chi connectivity index (χ1) is 7.59. The SMILES string of the molecule is CC(C)OCCC(=O)N[C@@H]1CCCC[C@@H]1C. The Morgan fingerprint density at radius 3 is 2.69 bits per heavy atom. The number of amides is 1. The lowest BCUT2D eigenvalue weighted by Gasteiger charge is -2.29. The molecule has 1 fully saturated rings. The second-order valence-corrected chi connectivity index (χ2v) is 5.11. The van der Waals surface area contributed by atoms with Gasteiger partial charge in [0.05, 0.1) is 12.7 Å². The van der Waals surface area contributed by atoms with E-state index in [0.717, 1.165) is 6.42 Å². The molecule has 0 aliphatic heterocycles. The van der Waals surface area contributed by atoms with Crippen molar-refractivity contribution in [2.24, 2.45) is 5.92 Å². The summed E-state index contributed by atoms with van der Waals surface area (Å²) < 4.78 is 5.37. The highest BCUT2D eigenvalue weighted by Gasteiger charge is 2.22. The zero-order chi connectivity index (χ0) is 12.0. The van der Waals surface area contributed by atoms with E-state index in [1.807, 2.05) is 13.8 Å². The van der Waals surface area contributed by atoms with E-state index in [0.29, 0.717) is 25.0 Å². The van der Waals surface area contributed by atoms with Crippen LogP contribution in [0.4, 0.5) is 0 Å². The normalized spacial score (nSPS) is 25.8. The Bertz CT molecular complexity index is 216. The molecule has 1 rings (SSSR count). The van der Waals surface area contributed by atoms with Gasteiger partial charge in [-0.2, -0.15) is 0 Å². The number of hydrogen-bond donors (Lipinski definition) is 1. The molecule has 0 aromatic carbocycles. The van der Waals surface area contributed by atoms with E-state index in [-0.39, 0.29) is 12.0 Å². The number of ether oxygens (including phenoxy) is 1. The molecule has 94 valence electrons. The maximum absolute atomic E-state index is 11.6. The van der Waals surface area contributed by atoms with Crippen LogP contribution in [0.15, 0.2) is 0 Å². The van der Waals surface area contributed by atoms with Crippen LogP contribution in [-0.4, -0.2) is 24.7 Å². The van der Waals surface area contributed by atoms with Crippen LogP contribution in [0.5, 0.6) is 0 Å². The minimum absolute atomic E-state index is 0.138. The predicted octanol–water partition coefficient (Wildman–Crippen LogP) is 2.50. The summed E-state index contributed by atoms with van der Waals surface area (Å²) >= 11 is 0. The van der Waals surface area contributed by atoms with Crippen LogP contribution in [0.1, 0.15) is 52.9 Å². The third-order valence-corrected chi connectivity index (χ3v) is 3.24. The van der Waals surface area contributed by atoms with Crippen molar-refractivity contribution in [2.45, 2.75) is 65.0 Å². The lowest BCUT2D eigenvalue weighted by molar-refractivity contribution is -0.123. The first kappa shape index (κ1) is 13.5. The van der Waals surface area contributed by atoms with Crippen molar-refractivity contribution < 1.29 is 9.53 Å². The monoisotopic (exact) mass is 227 g/mol. The topological polar surface area (TPSA) is 38.3 Å². The van der Waals surface area contributed by atoms with Gasteiger partial charge < -0.3 is 10.1 Å². The van der Waals surface area contributed by atoms with Gasteiger partial charge in [-0.1, -0.05) is 19.8 Å². The van der Waals surface area contributed by atoms with Crippen molar-refractivity contribution in [3.63, 3.8) is 0 Å². The summed E-state index contributed by atoms with van der Waals surface area (Å²) in [5, 5.41) is 3.12. The van der Waals surface area contributed by atoms with Crippen molar-refractivity contribution in [2.75, 3.05) is 6.61 Å². The van der Waals surface area contributed by atoms with Crippen LogP contribution in [0.3, 0.4) is 0 Å². The molecule has 1 saturated carbocycles. The molecule has 1 aliphatic rings. The molecule has 16 heavy (non-hydrogen) atoms. The van der Waals surface area contributed by atoms with Crippen LogP contribution in [0.25, 0.3) is 0 Å². The molecule has 0 radical (unpaired) electrons. The Morgan fingerprint density at radius 2 is 2.06 bits per heavy atom. The van der Waals surface area contributed by atoms with Crippen molar-refractivity contribution in [1.82, 2.24) is 5.32 Å². The summed E-state index contributed by atoms with van der Waals surface area (Å²) in [5.74, 6) is 0.767. The Kier molecular flexibility index (Phi) is 5.81. The van der Waals surface area contributed by atoms with E-state index in [1.165, 1.54) is 19.3 Å². The van der Waals surface area contributed by atoms with E-state index in [2.05, 4.69) is 12.2 Å². The average Bonchev–Trinajstić information content (AvgIpc) is 2.21. The maximum Gasteiger partial charge on any atom is 0.222 e. The molecule has 0 bridgehead atoms. The first-order valence-electron chi connectivity index (χ1n) is 6.50. The van der Waals surface area contributed by atoms with Crippen molar-refractivity contribution in [3.05, 3.63) is 0 Å². The highest BCUT2D eigenvalue weighted by atomic mass is 16.5. The lowest BCUT2D eigenvalue weighted by Crippen LogP contribution is -2.41. The first-order valence-corrected chi connectivity index (χ1v) is 6.50. The average molecular weight is 227 g/mol. The molecule has 1 N–H and O–H groups in total. The fourth-order valence-corrected chi connectivity index (χ4v) is 2.20. The number of hydrogen-bond acceptors (Lipinski definition) is 2. The minimum Gasteiger partial charge on any atom is -0.378 e. The zero-order valence-corrected chi connectivity index (χ0v) is 10.8. The molecular formula is C13H25NO2. The Balaban J connectivity index is 2.17. The van der Waals surface area contributed by atoms with Crippen molar-refractivity contribution in [3.8, 4) is 0 Å². The van der Waals surface area contributed by atoms with Crippen LogP contribution in [0, 0.1) is 5.92 Å². The second kappa shape index (κ2) is 6.89. The summed E-state index contributed by atoms with van der Waals surface area (Å²) in [6.45, 7) is 6.74. The number of carbonyl (C=O) groups is 1. The molecular weight excluding hydrogens is 202 g/mol. The van der Waals surface area contributed by atoms with Crippen LogP contribution in [0.2, 0.25) is 0 Å². The third kappa shape index (κ3) is 4.97. The van der Waals surface area contributed by atoms with E-state index in [9.17, 15) is 4.79 Å². The summed E-state index contributed by atoms with van der Waals surface area (Å²) in [5.41, 5.74) is 0. The Hall–Kier alpha value is -0.570. The highest BCUT2D eigenvalue weighted by Crippen LogP contribution is 2.23. The second-order valence-electron chi connectivity index (χ2n) is 5.11. The van der Waals surface area contributed by atoms with Gasteiger partial charge in [-0.25, -0.2) is 0 Å². The van der Waals surface area contributed by atoms with Crippen LogP contribution < -0.4 is 5.32 Å². The fourth-order valence-electron chi connectivity index (χ4n) is 2.20. The molecule has 0 aromatic heterocycles. The van der Waals surface area contributed by atoms with Gasteiger partial charge in [-0.3, -0.25) is 4.79 Å². The van der Waals surface area contributed by atoms with E-state index in [4.69, 9.17) is 4.74 Å². The Labute approximate surface area is 98.9 Å². The van der Waals surface area contributed by atoms with Gasteiger partial charge in [-0.15, -0.1) is 0 Å². The van der Waals surface area contributed by atoms with Gasteiger partial charge in [0.15, 0.2) is 0 Å². The van der Waals surface area contributed by atoms with E-state index in [1.54, 1.807) is 0 Å². The standard InChI is InChI=1S/C13H25NO2/c1-10(2)16-9-8-13(15)14-12-7-5-4-6-11(12)3/h10-12H,4-9H2,1-3H3,(H,14,15)/t11-,12+/m0/s1. The number of nitrogens with one attached hydrogen (secondary N) is 1.